The second kappa shape index (κ2) is 89.9. The second-order valence-electron chi connectivity index (χ2n) is 30.3. The third-order valence-electron chi connectivity index (χ3n) is 19.1. The van der Waals surface area contributed by atoms with E-state index in [0.717, 1.165) is 199 Å². The van der Waals surface area contributed by atoms with E-state index >= 15 is 0 Å². The van der Waals surface area contributed by atoms with Crippen LogP contribution in [0.1, 0.15) is 367 Å². The molecule has 0 aliphatic heterocycles. The summed E-state index contributed by atoms with van der Waals surface area (Å²) in [5.74, 6) is -1.58. The van der Waals surface area contributed by atoms with Gasteiger partial charge in [0, 0.05) is 19.3 Å². The Morgan fingerprint density at radius 2 is 0.427 bits per heavy atom. The van der Waals surface area contributed by atoms with E-state index in [-0.39, 0.29) is 19.3 Å². The maximum Gasteiger partial charge on any atom is 0.472 e. The summed E-state index contributed by atoms with van der Waals surface area (Å²) in [6, 6.07) is 0. The van der Waals surface area contributed by atoms with Crippen LogP contribution in [-0.2, 0) is 55.8 Å². The Bertz CT molecular complexity index is 2860. The molecule has 0 amide bonds. The zero-order valence-electron chi connectivity index (χ0n) is 73.6. The number of allylic oxidation sites excluding steroid dienone is 30. The highest BCUT2D eigenvalue weighted by atomic mass is 31.2. The van der Waals surface area contributed by atoms with Gasteiger partial charge in [-0.15, -0.1) is 0 Å². The molecule has 4 N–H and O–H groups in total. The van der Waals surface area contributed by atoms with Crippen LogP contribution in [0.25, 0.3) is 0 Å². The van der Waals surface area contributed by atoms with Crippen molar-refractivity contribution < 1.29 is 75.8 Å². The van der Waals surface area contributed by atoms with Crippen molar-refractivity contribution in [2.24, 2.45) is 0 Å². The van der Waals surface area contributed by atoms with Crippen molar-refractivity contribution >= 4 is 33.6 Å². The van der Waals surface area contributed by atoms with Gasteiger partial charge in [0.15, 0.2) is 6.10 Å². The van der Waals surface area contributed by atoms with E-state index < -0.39 is 91.5 Å². The third-order valence-corrected chi connectivity index (χ3v) is 21.0. The molecule has 0 bridgehead atoms. The number of ether oxygens (including phenoxy) is 3. The van der Waals surface area contributed by atoms with E-state index in [0.29, 0.717) is 19.3 Å². The average Bonchev–Trinajstić information content (AvgIpc) is 0.900. The van der Waals surface area contributed by atoms with E-state index in [1.807, 2.05) is 0 Å². The largest absolute Gasteiger partial charge is 0.472 e. The van der Waals surface area contributed by atoms with Gasteiger partial charge in [-0.25, -0.2) is 9.13 Å². The first-order valence-corrected chi connectivity index (χ1v) is 49.1. The van der Waals surface area contributed by atoms with Crippen LogP contribution in [-0.4, -0.2) is 95.9 Å². The molecule has 668 valence electrons. The molecule has 0 aliphatic carbocycles. The Kier molecular flexibility index (Phi) is 85.8. The molecule has 0 spiro atoms. The van der Waals surface area contributed by atoms with E-state index in [1.165, 1.54) is 109 Å². The lowest BCUT2D eigenvalue weighted by molar-refractivity contribution is -0.161. The lowest BCUT2D eigenvalue weighted by Gasteiger charge is -2.21. The van der Waals surface area contributed by atoms with Crippen molar-refractivity contribution in [1.29, 1.82) is 0 Å². The number of hydrogen-bond donors (Lipinski definition) is 4. The topological polar surface area (TPSA) is 231 Å². The first-order valence-electron chi connectivity index (χ1n) is 46.1. The summed E-state index contributed by atoms with van der Waals surface area (Å²) < 4.78 is 61.4. The van der Waals surface area contributed by atoms with Gasteiger partial charge in [-0.05, 0) is 154 Å². The molecule has 16 nitrogen and oxygen atoms in total. The quantitative estimate of drug-likeness (QED) is 0.0146. The van der Waals surface area contributed by atoms with Crippen LogP contribution in [0, 0.1) is 0 Å². The van der Waals surface area contributed by atoms with Crippen LogP contribution < -0.4 is 0 Å². The second-order valence-corrected chi connectivity index (χ2v) is 33.2. The van der Waals surface area contributed by atoms with Crippen molar-refractivity contribution in [2.75, 3.05) is 39.6 Å². The summed E-state index contributed by atoms with van der Waals surface area (Å²) in [4.78, 5) is 59.0. The van der Waals surface area contributed by atoms with Gasteiger partial charge in [-0.3, -0.25) is 32.5 Å². The fourth-order valence-electron chi connectivity index (χ4n) is 12.2. The van der Waals surface area contributed by atoms with E-state index in [2.05, 4.69) is 203 Å². The van der Waals surface area contributed by atoms with E-state index in [4.69, 9.17) is 32.3 Å². The van der Waals surface area contributed by atoms with Crippen LogP contribution in [0.2, 0.25) is 0 Å². The molecule has 0 saturated carbocycles. The fourth-order valence-corrected chi connectivity index (χ4v) is 13.8. The summed E-state index contributed by atoms with van der Waals surface area (Å²) in [5.41, 5.74) is 0. The lowest BCUT2D eigenvalue weighted by Crippen LogP contribution is -2.30. The summed E-state index contributed by atoms with van der Waals surface area (Å²) in [7, 11) is -9.81. The first kappa shape index (κ1) is 112. The number of esters is 3. The molecule has 0 heterocycles. The fraction of sp³-hybridized carbons (Fsp3) is 0.667. The van der Waals surface area contributed by atoms with Crippen LogP contribution >= 0.6 is 15.6 Å². The van der Waals surface area contributed by atoms with Gasteiger partial charge in [0.2, 0.25) is 0 Å². The zero-order chi connectivity index (χ0) is 85.1. The number of hydrogen-bond acceptors (Lipinski definition) is 14. The van der Waals surface area contributed by atoms with Crippen molar-refractivity contribution in [2.45, 2.75) is 386 Å². The molecule has 0 aromatic heterocycles. The smallest absolute Gasteiger partial charge is 0.463 e. The Balaban J connectivity index is 4.52. The van der Waals surface area contributed by atoms with Crippen molar-refractivity contribution in [3.63, 3.8) is 0 Å². The minimum atomic E-state index is -4.95. The SMILES string of the molecule is CC/C=C\C/C=C\C/C=C\C/C=C\C/C=C\C/C=C\CCCCCCCCCCCCCCCCC(=O)OCC(O)COP(=O)(O)OCC(O)COP(=O)(O)OCC(COC(=O)CCCCCCCCCCCCCC/C=C\C/C=C\C/C=C\C/C=C\C/C=C\C/C=C\CC)OC(=O)CCCCCCCCC/C=C\C/C=C\C/C=C\CC. The molecule has 0 aromatic rings. The number of phosphoric acid groups is 2. The molecule has 0 radical (unpaired) electrons. The van der Waals surface area contributed by atoms with Crippen LogP contribution in [0.15, 0.2) is 182 Å². The number of aliphatic hydroxyl groups excluding tert-OH is 2. The van der Waals surface area contributed by atoms with Gasteiger partial charge in [-0.2, -0.15) is 0 Å². The van der Waals surface area contributed by atoms with Gasteiger partial charge < -0.3 is 34.2 Å². The zero-order valence-corrected chi connectivity index (χ0v) is 75.4. The van der Waals surface area contributed by atoms with Gasteiger partial charge in [0.1, 0.15) is 25.4 Å². The highest BCUT2D eigenvalue weighted by Crippen LogP contribution is 2.45. The van der Waals surface area contributed by atoms with Gasteiger partial charge >= 0.3 is 33.6 Å². The minimum Gasteiger partial charge on any atom is -0.463 e. The minimum absolute atomic E-state index is 0.0891. The molecule has 5 unspecified atom stereocenters. The first-order chi connectivity index (χ1) is 57.2. The molecule has 117 heavy (non-hydrogen) atoms. The monoisotopic (exact) mass is 1670 g/mol. The van der Waals surface area contributed by atoms with Crippen molar-refractivity contribution in [3.05, 3.63) is 182 Å². The van der Waals surface area contributed by atoms with Crippen LogP contribution in [0.3, 0.4) is 0 Å². The standard InChI is InChI=1S/C99H166O16P2/c1-4-7-10-13-16-19-22-25-28-31-33-35-37-39-41-43-45-46-48-50-51-53-55-57-59-62-64-67-70-73-76-79-82-85-97(102)109-88-94(100)89-111-116(105,106)112-90-95(101)91-113-117(107,108)114-93-96(115-99(104)87-84-81-78-75-72-69-66-61-30-27-24-21-18-15-12-9-6-3)92-110-98(103)86-83-80-77-74-71-68-65-63-60-58-56-54-52-49-47-44-42-40-38-36-34-32-29-26-23-20-17-14-11-8-5-2/h7-12,16-21,25-30,33-36,39-42,45-47,49,94-96,100-101H,4-6,13-15,22-24,31-32,37-38,43-44,48,50-93H2,1-3H3,(H,105,106)(H,107,108)/b10-7-,11-8-,12-9-,19-16-,20-17-,21-18-,28-25-,29-26-,30-27-,35-33-,36-34-,41-39-,42-40-,46-45-,49-47-. The lowest BCUT2D eigenvalue weighted by atomic mass is 10.0. The molecular weight excluding hydrogens is 1510 g/mol. The number of phosphoric ester groups is 2. The molecule has 0 saturated heterocycles. The Morgan fingerprint density at radius 1 is 0.239 bits per heavy atom. The van der Waals surface area contributed by atoms with E-state index in [1.54, 1.807) is 0 Å². The molecule has 0 fully saturated rings. The normalized spacial score (nSPS) is 14.6. The maximum absolute atomic E-state index is 13.0. The number of carbonyl (C=O) groups is 3. The molecular formula is C99H166O16P2. The Morgan fingerprint density at radius 3 is 0.675 bits per heavy atom. The number of carbonyl (C=O) groups excluding carboxylic acids is 3. The predicted octanol–water partition coefficient (Wildman–Crippen LogP) is 28.4. The summed E-state index contributed by atoms with van der Waals surface area (Å²) in [6.45, 7) is 2.36. The third kappa shape index (κ3) is 91.2. The number of unbranched alkanes of at least 4 members (excludes halogenated alkanes) is 33. The number of aliphatic hydroxyl groups is 2. The van der Waals surface area contributed by atoms with Crippen molar-refractivity contribution in [1.82, 2.24) is 0 Å². The molecule has 0 aromatic carbocycles. The summed E-state index contributed by atoms with van der Waals surface area (Å²) in [6.07, 6.45) is 118. The van der Waals surface area contributed by atoms with Gasteiger partial charge in [-0.1, -0.05) is 376 Å². The molecule has 18 heteroatoms. The van der Waals surface area contributed by atoms with Gasteiger partial charge in [0.05, 0.1) is 26.4 Å². The van der Waals surface area contributed by atoms with Crippen molar-refractivity contribution in [3.8, 4) is 0 Å². The Hall–Kier alpha value is -5.35. The summed E-state index contributed by atoms with van der Waals surface area (Å²) >= 11 is 0. The maximum atomic E-state index is 13.0. The predicted molar refractivity (Wildman–Crippen MR) is 491 cm³/mol. The molecule has 0 rings (SSSR count). The Labute approximate surface area is 713 Å². The van der Waals surface area contributed by atoms with Gasteiger partial charge in [0.25, 0.3) is 0 Å². The average molecular weight is 1670 g/mol. The summed E-state index contributed by atoms with van der Waals surface area (Å²) in [5, 5.41) is 20.7. The van der Waals surface area contributed by atoms with Crippen LogP contribution in [0.4, 0.5) is 0 Å². The number of rotatable bonds is 86. The highest BCUT2D eigenvalue weighted by molar-refractivity contribution is 7.47. The highest BCUT2D eigenvalue weighted by Gasteiger charge is 2.29. The molecule has 0 aliphatic rings. The molecule has 5 atom stereocenters. The van der Waals surface area contributed by atoms with E-state index in [9.17, 15) is 43.5 Å². The van der Waals surface area contributed by atoms with Crippen LogP contribution in [0.5, 0.6) is 0 Å².